The highest BCUT2D eigenvalue weighted by Gasteiger charge is 2.17. The van der Waals surface area contributed by atoms with Crippen molar-refractivity contribution in [2.24, 2.45) is 0 Å². The van der Waals surface area contributed by atoms with Crippen molar-refractivity contribution in [2.45, 2.75) is 19.4 Å². The number of morpholine rings is 1. The van der Waals surface area contributed by atoms with Gasteiger partial charge in [0.15, 0.2) is 0 Å². The third-order valence-electron chi connectivity index (χ3n) is 2.68. The highest BCUT2D eigenvalue weighted by atomic mass is 35.5. The van der Waals surface area contributed by atoms with E-state index in [1.165, 1.54) is 0 Å². The Morgan fingerprint density at radius 1 is 1.42 bits per heavy atom. The fraction of sp³-hybridized carbons (Fsp3) is 0.667. The molecule has 0 aliphatic carbocycles. The summed E-state index contributed by atoms with van der Waals surface area (Å²) >= 11 is 6.01. The van der Waals surface area contributed by atoms with Gasteiger partial charge in [-0.25, -0.2) is 4.98 Å². The predicted octanol–water partition coefficient (Wildman–Crippen LogP) is 1.15. The van der Waals surface area contributed by atoms with Gasteiger partial charge in [-0.1, -0.05) is 11.6 Å². The van der Waals surface area contributed by atoms with Crippen molar-refractivity contribution in [1.82, 2.24) is 9.97 Å². The molecule has 0 amide bonds. The molecule has 1 aliphatic rings. The lowest BCUT2D eigenvalue weighted by atomic mass is 10.1. The fourth-order valence-electron chi connectivity index (χ4n) is 1.71. The van der Waals surface area contributed by atoms with Crippen molar-refractivity contribution in [1.29, 1.82) is 0 Å². The van der Waals surface area contributed by atoms with E-state index in [1.807, 2.05) is 4.90 Å². The quantitative estimate of drug-likeness (QED) is 0.809. The van der Waals surface area contributed by atoms with Crippen LogP contribution in [-0.2, 0) is 4.74 Å². The van der Waals surface area contributed by atoms with Gasteiger partial charge in [-0.15, -0.1) is 0 Å². The lowest BCUT2D eigenvalue weighted by molar-refractivity contribution is 0.0944. The van der Waals surface area contributed by atoms with Crippen molar-refractivity contribution in [2.75, 3.05) is 43.1 Å². The Morgan fingerprint density at radius 2 is 2.11 bits per heavy atom. The number of halogens is 1. The van der Waals surface area contributed by atoms with E-state index >= 15 is 0 Å². The molecule has 1 aromatic heterocycles. The summed E-state index contributed by atoms with van der Waals surface area (Å²) in [7, 11) is 0. The van der Waals surface area contributed by atoms with E-state index in [-0.39, 0.29) is 0 Å². The minimum absolute atomic E-state index is 0.384. The molecule has 2 rings (SSSR count). The van der Waals surface area contributed by atoms with Gasteiger partial charge in [0.2, 0.25) is 5.95 Å². The number of ether oxygens (including phenoxy) is 1. The molecule has 19 heavy (non-hydrogen) atoms. The normalized spacial score (nSPS) is 16.5. The van der Waals surface area contributed by atoms with Gasteiger partial charge < -0.3 is 20.1 Å². The molecule has 2 N–H and O–H groups in total. The molecule has 1 aliphatic heterocycles. The highest BCUT2D eigenvalue weighted by molar-refractivity contribution is 6.29. The molecule has 7 heteroatoms. The number of anilines is 2. The minimum atomic E-state index is -0.809. The largest absolute Gasteiger partial charge is 0.389 e. The Balaban J connectivity index is 2.10. The number of aromatic nitrogens is 2. The molecule has 6 nitrogen and oxygen atoms in total. The van der Waals surface area contributed by atoms with Crippen LogP contribution in [0.3, 0.4) is 0 Å². The van der Waals surface area contributed by atoms with Crippen molar-refractivity contribution in [3.63, 3.8) is 0 Å². The van der Waals surface area contributed by atoms with Crippen LogP contribution in [0.25, 0.3) is 0 Å². The summed E-state index contributed by atoms with van der Waals surface area (Å²) in [5.41, 5.74) is -0.809. The SMILES string of the molecule is CC(C)(O)CNc1cc(Cl)nc(N2CCOCC2)n1. The maximum absolute atomic E-state index is 9.70. The second kappa shape index (κ2) is 5.90. The fourth-order valence-corrected chi connectivity index (χ4v) is 1.89. The van der Waals surface area contributed by atoms with Crippen LogP contribution in [0.5, 0.6) is 0 Å². The van der Waals surface area contributed by atoms with Crippen LogP contribution in [-0.4, -0.2) is 53.5 Å². The molecule has 1 fully saturated rings. The molecule has 0 bridgehead atoms. The Hall–Kier alpha value is -1.11. The van der Waals surface area contributed by atoms with E-state index < -0.39 is 5.60 Å². The van der Waals surface area contributed by atoms with E-state index in [0.717, 1.165) is 13.1 Å². The lowest BCUT2D eigenvalue weighted by Crippen LogP contribution is -2.37. The molecule has 2 heterocycles. The zero-order chi connectivity index (χ0) is 13.9. The molecule has 0 saturated carbocycles. The number of hydrogen-bond donors (Lipinski definition) is 2. The topological polar surface area (TPSA) is 70.5 Å². The first kappa shape index (κ1) is 14.3. The molecule has 106 valence electrons. The Labute approximate surface area is 117 Å². The second-order valence-corrected chi connectivity index (χ2v) is 5.53. The van der Waals surface area contributed by atoms with E-state index in [9.17, 15) is 5.11 Å². The molecule has 0 spiro atoms. The van der Waals surface area contributed by atoms with E-state index in [0.29, 0.717) is 36.7 Å². The van der Waals surface area contributed by atoms with Crippen molar-refractivity contribution < 1.29 is 9.84 Å². The van der Waals surface area contributed by atoms with Crippen LogP contribution >= 0.6 is 11.6 Å². The third-order valence-corrected chi connectivity index (χ3v) is 2.87. The first-order valence-corrected chi connectivity index (χ1v) is 6.65. The van der Waals surface area contributed by atoms with E-state index in [2.05, 4.69) is 15.3 Å². The van der Waals surface area contributed by atoms with Crippen molar-refractivity contribution >= 4 is 23.4 Å². The predicted molar refractivity (Wildman–Crippen MR) is 74.9 cm³/mol. The first-order chi connectivity index (χ1) is 8.94. The summed E-state index contributed by atoms with van der Waals surface area (Å²) in [5, 5.41) is 13.1. The molecular formula is C12H19ClN4O2. The standard InChI is InChI=1S/C12H19ClN4O2/c1-12(2,18)8-14-10-7-9(13)15-11(16-10)17-3-5-19-6-4-17/h7,18H,3-6,8H2,1-2H3,(H,14,15,16). The minimum Gasteiger partial charge on any atom is -0.389 e. The number of aliphatic hydroxyl groups is 1. The molecule has 0 unspecified atom stereocenters. The lowest BCUT2D eigenvalue weighted by Gasteiger charge is -2.27. The van der Waals surface area contributed by atoms with Crippen LogP contribution in [0.4, 0.5) is 11.8 Å². The van der Waals surface area contributed by atoms with Gasteiger partial charge in [0.05, 0.1) is 18.8 Å². The highest BCUT2D eigenvalue weighted by Crippen LogP contribution is 2.18. The van der Waals surface area contributed by atoms with Gasteiger partial charge in [0, 0.05) is 25.7 Å². The zero-order valence-corrected chi connectivity index (χ0v) is 11.9. The van der Waals surface area contributed by atoms with Gasteiger partial charge >= 0.3 is 0 Å². The second-order valence-electron chi connectivity index (χ2n) is 5.14. The van der Waals surface area contributed by atoms with Crippen LogP contribution in [0.15, 0.2) is 6.07 Å². The van der Waals surface area contributed by atoms with Crippen LogP contribution in [0, 0.1) is 0 Å². The van der Waals surface area contributed by atoms with Gasteiger partial charge in [0.1, 0.15) is 11.0 Å². The molecule has 0 atom stereocenters. The first-order valence-electron chi connectivity index (χ1n) is 6.27. The smallest absolute Gasteiger partial charge is 0.228 e. The summed E-state index contributed by atoms with van der Waals surface area (Å²) in [5.74, 6) is 1.21. The average Bonchev–Trinajstić information content (AvgIpc) is 2.36. The monoisotopic (exact) mass is 286 g/mol. The molecular weight excluding hydrogens is 268 g/mol. The summed E-state index contributed by atoms with van der Waals surface area (Å²) in [6.45, 7) is 6.70. The van der Waals surface area contributed by atoms with Gasteiger partial charge in [-0.05, 0) is 13.8 Å². The van der Waals surface area contributed by atoms with Crippen molar-refractivity contribution in [3.8, 4) is 0 Å². The van der Waals surface area contributed by atoms with Crippen molar-refractivity contribution in [3.05, 3.63) is 11.2 Å². The van der Waals surface area contributed by atoms with Crippen LogP contribution in [0.1, 0.15) is 13.8 Å². The maximum atomic E-state index is 9.70. The average molecular weight is 287 g/mol. The maximum Gasteiger partial charge on any atom is 0.228 e. The van der Waals surface area contributed by atoms with Crippen LogP contribution < -0.4 is 10.2 Å². The Bertz CT molecular complexity index is 430. The van der Waals surface area contributed by atoms with Crippen LogP contribution in [0.2, 0.25) is 5.15 Å². The van der Waals surface area contributed by atoms with Gasteiger partial charge in [0.25, 0.3) is 0 Å². The van der Waals surface area contributed by atoms with E-state index in [4.69, 9.17) is 16.3 Å². The molecule has 1 saturated heterocycles. The summed E-state index contributed by atoms with van der Waals surface area (Å²) in [6.07, 6.45) is 0. The number of nitrogens with one attached hydrogen (secondary N) is 1. The number of rotatable bonds is 4. The molecule has 0 aromatic carbocycles. The Kier molecular flexibility index (Phi) is 4.44. The Morgan fingerprint density at radius 3 is 2.74 bits per heavy atom. The van der Waals surface area contributed by atoms with E-state index in [1.54, 1.807) is 19.9 Å². The molecule has 0 radical (unpaired) electrons. The zero-order valence-electron chi connectivity index (χ0n) is 11.2. The van der Waals surface area contributed by atoms with Gasteiger partial charge in [-0.3, -0.25) is 0 Å². The number of nitrogens with zero attached hydrogens (tertiary/aromatic N) is 3. The third kappa shape index (κ3) is 4.49. The molecule has 1 aromatic rings. The summed E-state index contributed by atoms with van der Waals surface area (Å²) in [4.78, 5) is 10.7. The summed E-state index contributed by atoms with van der Waals surface area (Å²) < 4.78 is 5.29. The summed E-state index contributed by atoms with van der Waals surface area (Å²) in [6, 6.07) is 1.65. The van der Waals surface area contributed by atoms with Gasteiger partial charge in [-0.2, -0.15) is 4.98 Å². The number of hydrogen-bond acceptors (Lipinski definition) is 6.